The third kappa shape index (κ3) is 2.95. The number of halogens is 1. The zero-order valence-corrected chi connectivity index (χ0v) is 14.0. The van der Waals surface area contributed by atoms with E-state index in [1.54, 1.807) is 0 Å². The van der Waals surface area contributed by atoms with Gasteiger partial charge in [-0.15, -0.1) is 0 Å². The number of nitrogen functional groups attached to an aromatic ring is 1. The summed E-state index contributed by atoms with van der Waals surface area (Å²) < 4.78 is 0. The van der Waals surface area contributed by atoms with Crippen LogP contribution in [0.15, 0.2) is 18.2 Å². The summed E-state index contributed by atoms with van der Waals surface area (Å²) in [5.41, 5.74) is 11.4. The van der Waals surface area contributed by atoms with E-state index in [2.05, 4.69) is 35.1 Å². The summed E-state index contributed by atoms with van der Waals surface area (Å²) >= 11 is 6.21. The fraction of sp³-hybridized carbons (Fsp3) is 0.444. The second kappa shape index (κ2) is 6.25. The Bertz CT molecular complexity index is 691. The molecule has 2 aromatic rings. The fourth-order valence-corrected chi connectivity index (χ4v) is 3.69. The SMILES string of the molecule is Cc1cccc(CC2CCCC2)c1-c1nc(N)nc(Cl)c1C. The monoisotopic (exact) mass is 315 g/mol. The summed E-state index contributed by atoms with van der Waals surface area (Å²) in [6, 6.07) is 6.47. The number of aromatic nitrogens is 2. The van der Waals surface area contributed by atoms with Crippen molar-refractivity contribution in [1.82, 2.24) is 9.97 Å². The molecule has 2 N–H and O–H groups in total. The van der Waals surface area contributed by atoms with Gasteiger partial charge in [-0.05, 0) is 37.3 Å². The van der Waals surface area contributed by atoms with E-state index in [-0.39, 0.29) is 5.95 Å². The predicted octanol–water partition coefficient (Wildman–Crippen LogP) is 4.73. The molecule has 1 aliphatic carbocycles. The Labute approximate surface area is 136 Å². The lowest BCUT2D eigenvalue weighted by atomic mass is 9.90. The van der Waals surface area contributed by atoms with Crippen LogP contribution in [0.3, 0.4) is 0 Å². The van der Waals surface area contributed by atoms with Crippen LogP contribution in [0.2, 0.25) is 5.15 Å². The lowest BCUT2D eigenvalue weighted by Gasteiger charge is -2.17. The van der Waals surface area contributed by atoms with Gasteiger partial charge in [0, 0.05) is 11.1 Å². The minimum Gasteiger partial charge on any atom is -0.368 e. The van der Waals surface area contributed by atoms with Gasteiger partial charge in [0.05, 0.1) is 5.69 Å². The van der Waals surface area contributed by atoms with Crippen molar-refractivity contribution in [2.75, 3.05) is 5.73 Å². The van der Waals surface area contributed by atoms with E-state index >= 15 is 0 Å². The molecule has 0 amide bonds. The molecule has 4 heteroatoms. The number of rotatable bonds is 3. The molecular formula is C18H22ClN3. The van der Waals surface area contributed by atoms with Gasteiger partial charge in [-0.1, -0.05) is 55.5 Å². The highest BCUT2D eigenvalue weighted by molar-refractivity contribution is 6.30. The smallest absolute Gasteiger partial charge is 0.222 e. The van der Waals surface area contributed by atoms with E-state index in [0.29, 0.717) is 5.15 Å². The number of nitrogens with zero attached hydrogens (tertiary/aromatic N) is 2. The van der Waals surface area contributed by atoms with Crippen LogP contribution in [0.25, 0.3) is 11.3 Å². The number of aryl methyl sites for hydroxylation is 1. The maximum absolute atomic E-state index is 6.21. The second-order valence-corrected chi connectivity index (χ2v) is 6.67. The van der Waals surface area contributed by atoms with Crippen molar-refractivity contribution in [3.63, 3.8) is 0 Å². The Morgan fingerprint density at radius 2 is 1.91 bits per heavy atom. The third-order valence-electron chi connectivity index (χ3n) is 4.68. The topological polar surface area (TPSA) is 51.8 Å². The molecule has 0 saturated heterocycles. The first-order valence-corrected chi connectivity index (χ1v) is 8.32. The van der Waals surface area contributed by atoms with Gasteiger partial charge in [0.2, 0.25) is 5.95 Å². The molecular weight excluding hydrogens is 294 g/mol. The molecule has 0 bridgehead atoms. The Morgan fingerprint density at radius 1 is 1.18 bits per heavy atom. The van der Waals surface area contributed by atoms with Crippen molar-refractivity contribution in [1.29, 1.82) is 0 Å². The predicted molar refractivity (Wildman–Crippen MR) is 92.0 cm³/mol. The molecule has 1 saturated carbocycles. The highest BCUT2D eigenvalue weighted by Crippen LogP contribution is 2.35. The van der Waals surface area contributed by atoms with Crippen molar-refractivity contribution in [3.8, 4) is 11.3 Å². The van der Waals surface area contributed by atoms with Crippen molar-refractivity contribution >= 4 is 17.5 Å². The van der Waals surface area contributed by atoms with Gasteiger partial charge in [0.15, 0.2) is 0 Å². The van der Waals surface area contributed by atoms with Crippen LogP contribution in [0, 0.1) is 19.8 Å². The van der Waals surface area contributed by atoms with Gasteiger partial charge in [0.25, 0.3) is 0 Å². The van der Waals surface area contributed by atoms with Crippen molar-refractivity contribution in [3.05, 3.63) is 40.0 Å². The van der Waals surface area contributed by atoms with E-state index in [0.717, 1.165) is 23.6 Å². The Morgan fingerprint density at radius 3 is 2.64 bits per heavy atom. The van der Waals surface area contributed by atoms with E-state index in [1.165, 1.54) is 42.4 Å². The maximum atomic E-state index is 6.21. The molecule has 1 aromatic heterocycles. The van der Waals surface area contributed by atoms with Crippen molar-refractivity contribution in [2.24, 2.45) is 5.92 Å². The molecule has 1 heterocycles. The van der Waals surface area contributed by atoms with Crippen LogP contribution in [0.5, 0.6) is 0 Å². The third-order valence-corrected chi connectivity index (χ3v) is 5.05. The molecule has 116 valence electrons. The molecule has 1 fully saturated rings. The summed E-state index contributed by atoms with van der Waals surface area (Å²) in [5, 5.41) is 0.442. The highest BCUT2D eigenvalue weighted by Gasteiger charge is 2.20. The number of nitrogens with two attached hydrogens (primary N) is 1. The number of anilines is 1. The molecule has 3 nitrogen and oxygen atoms in total. The van der Waals surface area contributed by atoms with Crippen molar-refractivity contribution in [2.45, 2.75) is 46.0 Å². The molecule has 0 spiro atoms. The van der Waals surface area contributed by atoms with Crippen LogP contribution in [0.4, 0.5) is 5.95 Å². The Balaban J connectivity index is 2.09. The normalized spacial score (nSPS) is 15.4. The summed E-state index contributed by atoms with van der Waals surface area (Å²) in [7, 11) is 0. The first-order chi connectivity index (χ1) is 10.6. The summed E-state index contributed by atoms with van der Waals surface area (Å²) in [4.78, 5) is 8.54. The minimum atomic E-state index is 0.237. The summed E-state index contributed by atoms with van der Waals surface area (Å²) in [6.07, 6.45) is 6.49. The first kappa shape index (κ1) is 15.3. The number of hydrogen-bond acceptors (Lipinski definition) is 3. The van der Waals surface area contributed by atoms with Gasteiger partial charge in [-0.3, -0.25) is 0 Å². The molecule has 0 aliphatic heterocycles. The van der Waals surface area contributed by atoms with Gasteiger partial charge in [-0.25, -0.2) is 9.97 Å². The molecule has 0 radical (unpaired) electrons. The molecule has 0 atom stereocenters. The molecule has 3 rings (SSSR count). The van der Waals surface area contributed by atoms with Crippen molar-refractivity contribution < 1.29 is 0 Å². The van der Waals surface area contributed by atoms with Crippen LogP contribution < -0.4 is 5.73 Å². The van der Waals surface area contributed by atoms with E-state index < -0.39 is 0 Å². The number of benzene rings is 1. The summed E-state index contributed by atoms with van der Waals surface area (Å²) in [6.45, 7) is 4.09. The quantitative estimate of drug-likeness (QED) is 0.833. The van der Waals surface area contributed by atoms with Crippen LogP contribution in [0.1, 0.15) is 42.4 Å². The van der Waals surface area contributed by atoms with Crippen LogP contribution >= 0.6 is 11.6 Å². The van der Waals surface area contributed by atoms with E-state index in [1.807, 2.05) is 6.92 Å². The van der Waals surface area contributed by atoms with E-state index in [9.17, 15) is 0 Å². The molecule has 1 aromatic carbocycles. The average Bonchev–Trinajstić information content (AvgIpc) is 2.96. The Hall–Kier alpha value is -1.61. The maximum Gasteiger partial charge on any atom is 0.222 e. The largest absolute Gasteiger partial charge is 0.368 e. The first-order valence-electron chi connectivity index (χ1n) is 7.94. The second-order valence-electron chi connectivity index (χ2n) is 6.31. The van der Waals surface area contributed by atoms with Crippen LogP contribution in [-0.2, 0) is 6.42 Å². The van der Waals surface area contributed by atoms with Gasteiger partial charge in [-0.2, -0.15) is 0 Å². The Kier molecular flexibility index (Phi) is 4.34. The molecule has 0 unspecified atom stereocenters. The number of hydrogen-bond donors (Lipinski definition) is 1. The van der Waals surface area contributed by atoms with Gasteiger partial charge in [0.1, 0.15) is 5.15 Å². The lowest BCUT2D eigenvalue weighted by molar-refractivity contribution is 0.547. The fourth-order valence-electron chi connectivity index (χ4n) is 3.51. The average molecular weight is 316 g/mol. The van der Waals surface area contributed by atoms with E-state index in [4.69, 9.17) is 17.3 Å². The standard InChI is InChI=1S/C18H22ClN3/c1-11-6-5-9-14(10-13-7-3-4-8-13)15(11)16-12(2)17(19)22-18(20)21-16/h5-6,9,13H,3-4,7-8,10H2,1-2H3,(H2,20,21,22). The molecule has 1 aliphatic rings. The zero-order chi connectivity index (χ0) is 15.7. The zero-order valence-electron chi connectivity index (χ0n) is 13.2. The lowest BCUT2D eigenvalue weighted by Crippen LogP contribution is -2.05. The highest BCUT2D eigenvalue weighted by atomic mass is 35.5. The minimum absolute atomic E-state index is 0.237. The van der Waals surface area contributed by atoms with Gasteiger partial charge < -0.3 is 5.73 Å². The molecule has 22 heavy (non-hydrogen) atoms. The van der Waals surface area contributed by atoms with Gasteiger partial charge >= 0.3 is 0 Å². The van der Waals surface area contributed by atoms with Crippen LogP contribution in [-0.4, -0.2) is 9.97 Å². The summed E-state index contributed by atoms with van der Waals surface area (Å²) in [5.74, 6) is 1.02.